The van der Waals surface area contributed by atoms with E-state index in [1.807, 2.05) is 0 Å². The lowest BCUT2D eigenvalue weighted by Crippen LogP contribution is -2.32. The average Bonchev–Trinajstić information content (AvgIpc) is 2.25. The van der Waals surface area contributed by atoms with Gasteiger partial charge in [0.1, 0.15) is 11.9 Å². The van der Waals surface area contributed by atoms with Crippen molar-refractivity contribution >= 4 is 7.25 Å². The van der Waals surface area contributed by atoms with E-state index in [2.05, 4.69) is 36.5 Å². The summed E-state index contributed by atoms with van der Waals surface area (Å²) in [7, 11) is -6.00. The number of nitrogens with one attached hydrogen (secondary N) is 1. The van der Waals surface area contributed by atoms with Gasteiger partial charge in [0, 0.05) is 13.8 Å². The first kappa shape index (κ1) is 13.0. The molecule has 7 heteroatoms. The van der Waals surface area contributed by atoms with Gasteiger partial charge in [-0.15, -0.1) is 0 Å². The summed E-state index contributed by atoms with van der Waals surface area (Å²) in [6, 6.07) is 0. The summed E-state index contributed by atoms with van der Waals surface area (Å²) in [4.78, 5) is 3.22. The van der Waals surface area contributed by atoms with Gasteiger partial charge in [0.15, 0.2) is 0 Å². The van der Waals surface area contributed by atoms with Crippen LogP contribution in [-0.4, -0.2) is 12.2 Å². The van der Waals surface area contributed by atoms with E-state index in [1.54, 1.807) is 0 Å². The lowest BCUT2D eigenvalue weighted by atomic mass is 10.3. The average molecular weight is 212 g/mol. The van der Waals surface area contributed by atoms with E-state index in [4.69, 9.17) is 0 Å². The molecule has 0 aliphatic carbocycles. The number of rotatable bonds is 1. The molecule has 1 N–H and O–H groups in total. The number of H-pyrrole nitrogens is 1. The van der Waals surface area contributed by atoms with Crippen molar-refractivity contribution < 1.29 is 21.8 Å². The molecule has 0 radical (unpaired) electrons. The summed E-state index contributed by atoms with van der Waals surface area (Å²) in [5.41, 5.74) is 1.23. The van der Waals surface area contributed by atoms with E-state index in [0.29, 0.717) is 0 Å². The first-order chi connectivity index (χ1) is 6.24. The Hall–Kier alpha value is -1.01. The Bertz CT molecular complexity index is 276. The Kier molecular flexibility index (Phi) is 4.66. The smallest absolute Gasteiger partial charge is 0.418 e. The fourth-order valence-corrected chi connectivity index (χ4v) is 1.05. The highest BCUT2D eigenvalue weighted by molar-refractivity contribution is 6.50. The van der Waals surface area contributed by atoms with Crippen LogP contribution < -0.4 is 4.57 Å². The van der Waals surface area contributed by atoms with Gasteiger partial charge in [0.25, 0.3) is 5.82 Å². The zero-order valence-electron chi connectivity index (χ0n) is 8.32. The second-order valence-electron chi connectivity index (χ2n) is 2.80. The van der Waals surface area contributed by atoms with Crippen LogP contribution in [0.3, 0.4) is 0 Å². The predicted molar refractivity (Wildman–Crippen MR) is 46.3 cm³/mol. The normalized spacial score (nSPS) is 10.8. The topological polar surface area (TPSA) is 19.7 Å². The maximum atomic E-state index is 9.75. The van der Waals surface area contributed by atoms with Gasteiger partial charge in [-0.1, -0.05) is 0 Å². The van der Waals surface area contributed by atoms with Crippen LogP contribution >= 0.6 is 0 Å². The highest BCUT2D eigenvalue weighted by atomic mass is 19.5. The van der Waals surface area contributed by atoms with Gasteiger partial charge in [-0.3, -0.25) is 0 Å². The first-order valence-corrected chi connectivity index (χ1v) is 4.17. The Morgan fingerprint density at radius 3 is 1.86 bits per heavy atom. The first-order valence-electron chi connectivity index (χ1n) is 4.17. The molecule has 0 fully saturated rings. The molecule has 1 heterocycles. The van der Waals surface area contributed by atoms with Crippen molar-refractivity contribution in [3.63, 3.8) is 0 Å². The lowest BCUT2D eigenvalue weighted by molar-refractivity contribution is -0.698. The molecule has 0 saturated heterocycles. The molecule has 1 rings (SSSR count). The molecular weight excluding hydrogens is 199 g/mol. The zero-order valence-corrected chi connectivity index (χ0v) is 8.32. The third-order valence-corrected chi connectivity index (χ3v) is 1.50. The second-order valence-corrected chi connectivity index (χ2v) is 2.80. The van der Waals surface area contributed by atoms with Crippen LogP contribution in [0, 0.1) is 13.8 Å². The molecule has 0 aliphatic rings. The van der Waals surface area contributed by atoms with Crippen LogP contribution in [0.4, 0.5) is 17.3 Å². The van der Waals surface area contributed by atoms with E-state index in [9.17, 15) is 17.3 Å². The van der Waals surface area contributed by atoms with Crippen molar-refractivity contribution in [2.45, 2.75) is 27.3 Å². The highest BCUT2D eigenvalue weighted by Gasteiger charge is 2.20. The molecule has 0 amide bonds. The van der Waals surface area contributed by atoms with Crippen molar-refractivity contribution in [2.24, 2.45) is 0 Å². The molecule has 0 aromatic carbocycles. The molecule has 14 heavy (non-hydrogen) atoms. The number of imidazole rings is 1. The van der Waals surface area contributed by atoms with Crippen LogP contribution in [0.15, 0.2) is 6.20 Å². The van der Waals surface area contributed by atoms with Gasteiger partial charge in [0.2, 0.25) is 0 Å². The van der Waals surface area contributed by atoms with Crippen molar-refractivity contribution in [3.05, 3.63) is 17.7 Å². The van der Waals surface area contributed by atoms with Gasteiger partial charge >= 0.3 is 7.25 Å². The summed E-state index contributed by atoms with van der Waals surface area (Å²) in [5, 5.41) is 0. The number of aromatic nitrogens is 2. The molecule has 2 nitrogen and oxygen atoms in total. The standard InChI is InChI=1S/C7H12N2.BF4/c1-4-9-5-6(2)8-7(9)3;2-1(3,4)5/h5H,4H2,1-3H3;/q;-1/p+1. The van der Waals surface area contributed by atoms with Crippen molar-refractivity contribution in [1.29, 1.82) is 0 Å². The maximum absolute atomic E-state index is 9.75. The van der Waals surface area contributed by atoms with Crippen LogP contribution in [0.5, 0.6) is 0 Å². The Labute approximate surface area is 80.1 Å². The number of hydrogen-bond donors (Lipinski definition) is 1. The van der Waals surface area contributed by atoms with Crippen molar-refractivity contribution in [2.75, 3.05) is 0 Å². The number of aryl methyl sites for hydroxylation is 3. The fraction of sp³-hybridized carbons (Fsp3) is 0.571. The minimum absolute atomic E-state index is 1.05. The van der Waals surface area contributed by atoms with E-state index in [1.165, 1.54) is 11.5 Å². The van der Waals surface area contributed by atoms with Gasteiger partial charge < -0.3 is 17.3 Å². The summed E-state index contributed by atoms with van der Waals surface area (Å²) < 4.78 is 41.2. The SMILES string of the molecule is CC[n+]1cc(C)[nH]c1C.F[B-](F)(F)F. The Morgan fingerprint density at radius 1 is 1.29 bits per heavy atom. The predicted octanol–water partition coefficient (Wildman–Crippen LogP) is 2.24. The number of hydrogen-bond acceptors (Lipinski definition) is 0. The third-order valence-electron chi connectivity index (χ3n) is 1.50. The molecule has 82 valence electrons. The molecule has 0 spiro atoms. The molecule has 0 saturated carbocycles. The molecule has 1 aromatic heterocycles. The molecule has 0 atom stereocenters. The van der Waals surface area contributed by atoms with Crippen LogP contribution in [0.25, 0.3) is 0 Å². The minimum atomic E-state index is -6.00. The molecular formula is C7H13BF4N2. The number of nitrogens with zero attached hydrogens (tertiary/aromatic N) is 1. The van der Waals surface area contributed by atoms with Gasteiger partial charge in [0.05, 0.1) is 6.54 Å². The molecule has 0 bridgehead atoms. The quantitative estimate of drug-likeness (QED) is 0.418. The largest absolute Gasteiger partial charge is 0.673 e. The van der Waals surface area contributed by atoms with Crippen LogP contribution in [0.1, 0.15) is 18.4 Å². The second kappa shape index (κ2) is 5.02. The van der Waals surface area contributed by atoms with Crippen molar-refractivity contribution in [3.8, 4) is 0 Å². The van der Waals surface area contributed by atoms with Gasteiger partial charge in [-0.25, -0.2) is 9.55 Å². The summed E-state index contributed by atoms with van der Waals surface area (Å²) in [5.74, 6) is 1.23. The molecule has 1 aromatic rings. The number of halogens is 4. The van der Waals surface area contributed by atoms with Gasteiger partial charge in [-0.2, -0.15) is 0 Å². The highest BCUT2D eigenvalue weighted by Crippen LogP contribution is 2.06. The molecule has 0 unspecified atom stereocenters. The summed E-state index contributed by atoms with van der Waals surface area (Å²) in [6.07, 6.45) is 2.12. The lowest BCUT2D eigenvalue weighted by Gasteiger charge is -1.94. The Morgan fingerprint density at radius 2 is 1.71 bits per heavy atom. The maximum Gasteiger partial charge on any atom is 0.673 e. The third kappa shape index (κ3) is 6.50. The van der Waals surface area contributed by atoms with Gasteiger partial charge in [-0.05, 0) is 6.92 Å². The zero-order chi connectivity index (χ0) is 11.4. The van der Waals surface area contributed by atoms with E-state index < -0.39 is 7.25 Å². The van der Waals surface area contributed by atoms with E-state index >= 15 is 0 Å². The molecule has 0 aliphatic heterocycles. The van der Waals surface area contributed by atoms with Crippen LogP contribution in [0.2, 0.25) is 0 Å². The van der Waals surface area contributed by atoms with Crippen molar-refractivity contribution in [1.82, 2.24) is 4.98 Å². The Balaban J connectivity index is 0.000000292. The number of aromatic amines is 1. The summed E-state index contributed by atoms with van der Waals surface area (Å²) in [6.45, 7) is 7.34. The summed E-state index contributed by atoms with van der Waals surface area (Å²) >= 11 is 0. The fourth-order valence-electron chi connectivity index (χ4n) is 1.05. The van der Waals surface area contributed by atoms with E-state index in [-0.39, 0.29) is 0 Å². The minimum Gasteiger partial charge on any atom is -0.418 e. The monoisotopic (exact) mass is 212 g/mol. The van der Waals surface area contributed by atoms with E-state index in [0.717, 1.165) is 6.54 Å². The van der Waals surface area contributed by atoms with Crippen LogP contribution in [-0.2, 0) is 6.54 Å².